The predicted octanol–water partition coefficient (Wildman–Crippen LogP) is -0.528. The Kier molecular flexibility index (Phi) is 5.19. The first kappa shape index (κ1) is 15.3. The summed E-state index contributed by atoms with van der Waals surface area (Å²) in [5.41, 5.74) is 5.40. The number of carbonyl (C=O) groups is 1. The number of nitrogens with one attached hydrogen (secondary N) is 2. The molecule has 0 atom stereocenters. The van der Waals surface area contributed by atoms with Gasteiger partial charge in [-0.1, -0.05) is 0 Å². The molecule has 1 amide bonds. The molecule has 0 saturated carbocycles. The molecule has 0 aliphatic rings. The molecule has 0 fully saturated rings. The Morgan fingerprint density at radius 1 is 1.47 bits per heavy atom. The van der Waals surface area contributed by atoms with Crippen molar-refractivity contribution < 1.29 is 17.6 Å². The van der Waals surface area contributed by atoms with Crippen LogP contribution in [0, 0.1) is 5.82 Å². The zero-order valence-corrected chi connectivity index (χ0v) is 11.1. The Labute approximate surface area is 110 Å². The zero-order chi connectivity index (χ0) is 14.5. The molecule has 0 aliphatic heterocycles. The summed E-state index contributed by atoms with van der Waals surface area (Å²) < 4.78 is 36.7. The van der Waals surface area contributed by atoms with Gasteiger partial charge in [0.05, 0.1) is 18.0 Å². The van der Waals surface area contributed by atoms with E-state index < -0.39 is 21.7 Å². The minimum atomic E-state index is -3.23. The second kappa shape index (κ2) is 6.43. The molecule has 106 valence electrons. The number of hydrogen-bond acceptors (Lipinski definition) is 5. The van der Waals surface area contributed by atoms with Crippen molar-refractivity contribution in [3.63, 3.8) is 0 Å². The third-order valence-electron chi connectivity index (χ3n) is 2.13. The minimum Gasteiger partial charge on any atom is -0.383 e. The van der Waals surface area contributed by atoms with Gasteiger partial charge in [-0.3, -0.25) is 4.79 Å². The molecule has 0 radical (unpaired) electrons. The largest absolute Gasteiger partial charge is 0.383 e. The van der Waals surface area contributed by atoms with Crippen molar-refractivity contribution in [3.8, 4) is 0 Å². The Bertz CT molecular complexity index is 562. The topological polar surface area (TPSA) is 114 Å². The smallest absolute Gasteiger partial charge is 0.255 e. The van der Waals surface area contributed by atoms with Gasteiger partial charge in [0.15, 0.2) is 0 Å². The number of carbonyl (C=O) groups excluding carboxylic acids is 1. The molecule has 1 rings (SSSR count). The molecule has 19 heavy (non-hydrogen) atoms. The van der Waals surface area contributed by atoms with Crippen LogP contribution in [0.15, 0.2) is 12.3 Å². The van der Waals surface area contributed by atoms with E-state index in [1.54, 1.807) is 0 Å². The number of nitrogen functional groups attached to an aromatic ring is 1. The molecular formula is C10H15FN4O3S. The van der Waals surface area contributed by atoms with Crippen LogP contribution < -0.4 is 15.8 Å². The van der Waals surface area contributed by atoms with Crippen LogP contribution in [0.1, 0.15) is 16.8 Å². The summed E-state index contributed by atoms with van der Waals surface area (Å²) in [5.74, 6) is -1.27. The average molecular weight is 290 g/mol. The first-order valence-corrected chi connectivity index (χ1v) is 7.32. The SMILES string of the molecule is CS(=O)(=O)NCCCNC(=O)c1cc(F)cnc1N. The lowest BCUT2D eigenvalue weighted by Crippen LogP contribution is -2.29. The number of anilines is 1. The summed E-state index contributed by atoms with van der Waals surface area (Å²) >= 11 is 0. The minimum absolute atomic E-state index is 0.0453. The lowest BCUT2D eigenvalue weighted by atomic mass is 10.2. The molecule has 0 aromatic carbocycles. The van der Waals surface area contributed by atoms with Gasteiger partial charge in [-0.2, -0.15) is 0 Å². The third kappa shape index (κ3) is 5.62. The molecule has 0 aliphatic carbocycles. The highest BCUT2D eigenvalue weighted by atomic mass is 32.2. The van der Waals surface area contributed by atoms with Gasteiger partial charge in [-0.25, -0.2) is 22.5 Å². The van der Waals surface area contributed by atoms with E-state index in [2.05, 4.69) is 15.0 Å². The average Bonchev–Trinajstić information content (AvgIpc) is 2.30. The fourth-order valence-corrected chi connectivity index (χ4v) is 1.79. The van der Waals surface area contributed by atoms with Crippen molar-refractivity contribution in [1.29, 1.82) is 0 Å². The number of pyridine rings is 1. The van der Waals surface area contributed by atoms with E-state index in [1.165, 1.54) is 0 Å². The highest BCUT2D eigenvalue weighted by Crippen LogP contribution is 2.09. The molecule has 7 nitrogen and oxygen atoms in total. The van der Waals surface area contributed by atoms with E-state index in [0.717, 1.165) is 18.5 Å². The maximum atomic E-state index is 12.9. The maximum Gasteiger partial charge on any atom is 0.255 e. The van der Waals surface area contributed by atoms with E-state index in [9.17, 15) is 17.6 Å². The van der Waals surface area contributed by atoms with Crippen LogP contribution in [-0.2, 0) is 10.0 Å². The monoisotopic (exact) mass is 290 g/mol. The molecule has 9 heteroatoms. The Morgan fingerprint density at radius 2 is 2.16 bits per heavy atom. The van der Waals surface area contributed by atoms with Crippen molar-refractivity contribution in [2.24, 2.45) is 0 Å². The van der Waals surface area contributed by atoms with Crippen LogP contribution in [0.5, 0.6) is 0 Å². The highest BCUT2D eigenvalue weighted by Gasteiger charge is 2.11. The van der Waals surface area contributed by atoms with E-state index in [0.29, 0.717) is 6.42 Å². The molecule has 1 aromatic rings. The van der Waals surface area contributed by atoms with Crippen molar-refractivity contribution in [2.45, 2.75) is 6.42 Å². The molecule has 1 aromatic heterocycles. The molecule has 0 unspecified atom stereocenters. The van der Waals surface area contributed by atoms with Crippen LogP contribution in [0.4, 0.5) is 10.2 Å². The van der Waals surface area contributed by atoms with Gasteiger partial charge in [0.25, 0.3) is 5.91 Å². The van der Waals surface area contributed by atoms with Gasteiger partial charge in [-0.05, 0) is 12.5 Å². The summed E-state index contributed by atoms with van der Waals surface area (Å²) in [5, 5.41) is 2.49. The van der Waals surface area contributed by atoms with Gasteiger partial charge in [0.1, 0.15) is 11.6 Å². The molecular weight excluding hydrogens is 275 g/mol. The zero-order valence-electron chi connectivity index (χ0n) is 10.3. The normalized spacial score (nSPS) is 11.3. The standard InChI is InChI=1S/C10H15FN4O3S/c1-19(17,18)15-4-2-3-13-10(16)8-5-7(11)6-14-9(8)12/h5-6,15H,2-4H2,1H3,(H2,12,14)(H,13,16). The van der Waals surface area contributed by atoms with Crippen molar-refractivity contribution in [3.05, 3.63) is 23.6 Å². The number of nitrogens with two attached hydrogens (primary N) is 1. The van der Waals surface area contributed by atoms with Gasteiger partial charge < -0.3 is 11.1 Å². The van der Waals surface area contributed by atoms with Gasteiger partial charge in [0.2, 0.25) is 10.0 Å². The summed E-state index contributed by atoms with van der Waals surface area (Å²) in [6, 6.07) is 0.992. The van der Waals surface area contributed by atoms with Crippen LogP contribution in [0.25, 0.3) is 0 Å². The first-order chi connectivity index (χ1) is 8.79. The second-order valence-corrected chi connectivity index (χ2v) is 5.70. The number of rotatable bonds is 6. The summed E-state index contributed by atoms with van der Waals surface area (Å²) in [7, 11) is -3.23. The van der Waals surface area contributed by atoms with Crippen LogP contribution >= 0.6 is 0 Å². The lowest BCUT2D eigenvalue weighted by Gasteiger charge is -2.07. The molecule has 1 heterocycles. The summed E-state index contributed by atoms with van der Waals surface area (Å²) in [6.07, 6.45) is 2.37. The highest BCUT2D eigenvalue weighted by molar-refractivity contribution is 7.88. The number of hydrogen-bond donors (Lipinski definition) is 3. The molecule has 0 saturated heterocycles. The van der Waals surface area contributed by atoms with Crippen molar-refractivity contribution in [1.82, 2.24) is 15.0 Å². The van der Waals surface area contributed by atoms with Crippen molar-refractivity contribution >= 4 is 21.7 Å². The quantitative estimate of drug-likeness (QED) is 0.609. The Balaban J connectivity index is 2.42. The van der Waals surface area contributed by atoms with Gasteiger partial charge >= 0.3 is 0 Å². The van der Waals surface area contributed by atoms with E-state index in [1.807, 2.05) is 0 Å². The molecule has 0 spiro atoms. The number of sulfonamides is 1. The van der Waals surface area contributed by atoms with Crippen molar-refractivity contribution in [2.75, 3.05) is 25.1 Å². The number of nitrogens with zero attached hydrogens (tertiary/aromatic N) is 1. The van der Waals surface area contributed by atoms with Crippen LogP contribution in [-0.4, -0.2) is 38.7 Å². The van der Waals surface area contributed by atoms with Crippen LogP contribution in [0.3, 0.4) is 0 Å². The lowest BCUT2D eigenvalue weighted by molar-refractivity contribution is 0.0953. The Morgan fingerprint density at radius 3 is 2.79 bits per heavy atom. The third-order valence-corrected chi connectivity index (χ3v) is 2.86. The first-order valence-electron chi connectivity index (χ1n) is 5.43. The Hall–Kier alpha value is -1.74. The number of halogens is 1. The fraction of sp³-hybridized carbons (Fsp3) is 0.400. The van der Waals surface area contributed by atoms with Gasteiger partial charge in [-0.15, -0.1) is 0 Å². The molecule has 0 bridgehead atoms. The van der Waals surface area contributed by atoms with Gasteiger partial charge in [0, 0.05) is 13.1 Å². The van der Waals surface area contributed by atoms with E-state index >= 15 is 0 Å². The van der Waals surface area contributed by atoms with E-state index in [-0.39, 0.29) is 24.5 Å². The summed E-state index contributed by atoms with van der Waals surface area (Å²) in [4.78, 5) is 15.2. The second-order valence-electron chi connectivity index (χ2n) is 3.86. The number of aromatic nitrogens is 1. The number of amides is 1. The van der Waals surface area contributed by atoms with E-state index in [4.69, 9.17) is 5.73 Å². The molecule has 4 N–H and O–H groups in total. The van der Waals surface area contributed by atoms with Crippen LogP contribution in [0.2, 0.25) is 0 Å². The summed E-state index contributed by atoms with van der Waals surface area (Å²) in [6.45, 7) is 0.438. The predicted molar refractivity (Wildman–Crippen MR) is 68.4 cm³/mol. The fourth-order valence-electron chi connectivity index (χ4n) is 1.27. The maximum absolute atomic E-state index is 12.9.